The van der Waals surface area contributed by atoms with Crippen LogP contribution in [0, 0.1) is 0 Å². The third kappa shape index (κ3) is 4.01. The van der Waals surface area contributed by atoms with Crippen LogP contribution in [0.2, 0.25) is 0 Å². The predicted molar refractivity (Wildman–Crippen MR) is 103 cm³/mol. The lowest BCUT2D eigenvalue weighted by molar-refractivity contribution is -0.137. The van der Waals surface area contributed by atoms with Crippen molar-refractivity contribution in [2.24, 2.45) is 0 Å². The van der Waals surface area contributed by atoms with Gasteiger partial charge in [0.1, 0.15) is 0 Å². The third-order valence-electron chi connectivity index (χ3n) is 3.60. The lowest BCUT2D eigenvalue weighted by Crippen LogP contribution is -2.09. The number of pyridine rings is 1. The summed E-state index contributed by atoms with van der Waals surface area (Å²) < 4.78 is 39.2. The highest BCUT2D eigenvalue weighted by atomic mass is 32.2. The highest BCUT2D eigenvalue weighted by Crippen LogP contribution is 2.37. The van der Waals surface area contributed by atoms with Gasteiger partial charge in [0.05, 0.1) is 16.0 Å². The molecular formula is C17H9F3N4OS3. The van der Waals surface area contributed by atoms with E-state index in [0.29, 0.717) is 24.6 Å². The molecule has 1 N–H and O–H groups in total. The van der Waals surface area contributed by atoms with Gasteiger partial charge in [0, 0.05) is 16.5 Å². The van der Waals surface area contributed by atoms with Crippen molar-refractivity contribution in [3.8, 4) is 0 Å². The first kappa shape index (κ1) is 18.8. The van der Waals surface area contributed by atoms with Crippen molar-refractivity contribution in [2.75, 3.05) is 5.32 Å². The third-order valence-corrected chi connectivity index (χ3v) is 6.43. The fourth-order valence-electron chi connectivity index (χ4n) is 2.35. The van der Waals surface area contributed by atoms with Crippen LogP contribution in [0.15, 0.2) is 57.2 Å². The molecule has 0 unspecified atom stereocenters. The maximum absolute atomic E-state index is 12.9. The molecule has 4 aromatic rings. The van der Waals surface area contributed by atoms with Gasteiger partial charge in [-0.3, -0.25) is 15.1 Å². The molecule has 0 aliphatic carbocycles. The number of carbonyl (C=O) groups excluding carboxylic acids is 1. The van der Waals surface area contributed by atoms with E-state index in [9.17, 15) is 18.0 Å². The summed E-state index contributed by atoms with van der Waals surface area (Å²) in [6.45, 7) is 0. The summed E-state index contributed by atoms with van der Waals surface area (Å²) in [7, 11) is 0. The number of nitrogens with zero attached hydrogens (tertiary/aromatic N) is 3. The molecule has 0 saturated carbocycles. The Morgan fingerprint density at radius 2 is 2.00 bits per heavy atom. The largest absolute Gasteiger partial charge is 0.416 e. The Labute approximate surface area is 168 Å². The number of hydrogen-bond donors (Lipinski definition) is 1. The monoisotopic (exact) mass is 438 g/mol. The number of fused-ring (bicyclic) bond motifs is 1. The summed E-state index contributed by atoms with van der Waals surface area (Å²) in [5, 5.41) is 13.4. The maximum atomic E-state index is 12.9. The van der Waals surface area contributed by atoms with Gasteiger partial charge in [-0.1, -0.05) is 35.2 Å². The molecule has 28 heavy (non-hydrogen) atoms. The van der Waals surface area contributed by atoms with E-state index in [-0.39, 0.29) is 11.4 Å². The van der Waals surface area contributed by atoms with Crippen LogP contribution in [-0.2, 0) is 6.18 Å². The average Bonchev–Trinajstić information content (AvgIpc) is 3.33. The zero-order chi connectivity index (χ0) is 19.7. The Balaban J connectivity index is 1.55. The first-order valence-corrected chi connectivity index (χ1v) is 10.2. The fourth-order valence-corrected chi connectivity index (χ4v) is 4.79. The number of rotatable bonds is 4. The topological polar surface area (TPSA) is 67.8 Å². The van der Waals surface area contributed by atoms with Gasteiger partial charge in [-0.15, -0.1) is 21.5 Å². The second kappa shape index (κ2) is 7.49. The molecule has 5 nitrogen and oxygen atoms in total. The number of benzene rings is 1. The number of alkyl halides is 3. The summed E-state index contributed by atoms with van der Waals surface area (Å²) in [6.07, 6.45) is -2.97. The van der Waals surface area contributed by atoms with E-state index in [1.165, 1.54) is 46.7 Å². The highest BCUT2D eigenvalue weighted by Gasteiger charge is 2.30. The second-order valence-corrected chi connectivity index (χ2v) is 8.66. The smallest absolute Gasteiger partial charge is 0.296 e. The Morgan fingerprint density at radius 1 is 1.14 bits per heavy atom. The van der Waals surface area contributed by atoms with Gasteiger partial charge in [-0.2, -0.15) is 13.2 Å². The number of thiophene rings is 1. The number of anilines is 1. The van der Waals surface area contributed by atoms with Gasteiger partial charge in [-0.05, 0) is 29.6 Å². The number of nitrogens with one attached hydrogen (secondary N) is 1. The Bertz CT molecular complexity index is 1140. The molecule has 4 rings (SSSR count). The highest BCUT2D eigenvalue weighted by molar-refractivity contribution is 8.01. The quantitative estimate of drug-likeness (QED) is 0.422. The zero-order valence-electron chi connectivity index (χ0n) is 13.7. The Kier molecular flexibility index (Phi) is 5.04. The molecule has 3 aromatic heterocycles. The number of halogens is 3. The summed E-state index contributed by atoms with van der Waals surface area (Å²) >= 11 is 3.75. The molecule has 142 valence electrons. The lowest BCUT2D eigenvalue weighted by atomic mass is 10.1. The lowest BCUT2D eigenvalue weighted by Gasteiger charge is -2.09. The van der Waals surface area contributed by atoms with Crippen molar-refractivity contribution < 1.29 is 18.0 Å². The summed E-state index contributed by atoms with van der Waals surface area (Å²) in [4.78, 5) is 17.4. The van der Waals surface area contributed by atoms with Crippen LogP contribution in [0.4, 0.5) is 18.3 Å². The molecule has 0 aliphatic rings. The van der Waals surface area contributed by atoms with Crippen LogP contribution >= 0.6 is 34.4 Å². The van der Waals surface area contributed by atoms with E-state index in [1.54, 1.807) is 23.6 Å². The average molecular weight is 438 g/mol. The maximum Gasteiger partial charge on any atom is 0.416 e. The fraction of sp³-hybridized carbons (Fsp3) is 0.0588. The number of aromatic nitrogens is 3. The van der Waals surface area contributed by atoms with Gasteiger partial charge in [0.15, 0.2) is 4.34 Å². The zero-order valence-corrected chi connectivity index (χ0v) is 16.2. The minimum Gasteiger partial charge on any atom is -0.296 e. The van der Waals surface area contributed by atoms with Crippen molar-refractivity contribution in [1.82, 2.24) is 15.2 Å². The molecule has 0 aliphatic heterocycles. The molecule has 0 spiro atoms. The van der Waals surface area contributed by atoms with Gasteiger partial charge in [-0.25, -0.2) is 0 Å². The molecule has 0 radical (unpaired) electrons. The van der Waals surface area contributed by atoms with E-state index >= 15 is 0 Å². The van der Waals surface area contributed by atoms with E-state index in [2.05, 4.69) is 20.5 Å². The molecule has 11 heteroatoms. The molecule has 0 bridgehead atoms. The number of hydrogen-bond acceptors (Lipinski definition) is 7. The van der Waals surface area contributed by atoms with Crippen LogP contribution in [0.5, 0.6) is 0 Å². The van der Waals surface area contributed by atoms with Crippen molar-refractivity contribution in [1.29, 1.82) is 0 Å². The number of amides is 1. The standard InChI is InChI=1S/C17H9F3N4OS3/c18-17(19,20)9-3-4-10-11(8-9)21-6-5-12(10)27-16-24-23-15(28-16)22-14(25)13-2-1-7-26-13/h1-8H,(H,22,23,25). The Hall–Kier alpha value is -2.50. The summed E-state index contributed by atoms with van der Waals surface area (Å²) in [6, 6.07) is 8.63. The van der Waals surface area contributed by atoms with E-state index in [4.69, 9.17) is 0 Å². The Morgan fingerprint density at radius 3 is 2.75 bits per heavy atom. The second-order valence-electron chi connectivity index (χ2n) is 5.45. The summed E-state index contributed by atoms with van der Waals surface area (Å²) in [5.74, 6) is -0.267. The molecule has 0 saturated heterocycles. The molecule has 0 atom stereocenters. The van der Waals surface area contributed by atoms with Crippen molar-refractivity contribution >= 4 is 56.4 Å². The van der Waals surface area contributed by atoms with Crippen LogP contribution in [0.25, 0.3) is 10.9 Å². The van der Waals surface area contributed by atoms with Crippen LogP contribution in [0.3, 0.4) is 0 Å². The predicted octanol–water partition coefficient (Wildman–Crippen LogP) is 5.57. The first-order valence-electron chi connectivity index (χ1n) is 7.72. The van der Waals surface area contributed by atoms with E-state index < -0.39 is 11.7 Å². The molecule has 1 aromatic carbocycles. The molecule has 0 fully saturated rings. The van der Waals surface area contributed by atoms with Gasteiger partial charge < -0.3 is 0 Å². The minimum absolute atomic E-state index is 0.246. The van der Waals surface area contributed by atoms with Crippen molar-refractivity contribution in [2.45, 2.75) is 15.4 Å². The van der Waals surface area contributed by atoms with Crippen molar-refractivity contribution in [3.05, 3.63) is 58.4 Å². The molecular weight excluding hydrogens is 429 g/mol. The van der Waals surface area contributed by atoms with E-state index in [0.717, 1.165) is 12.1 Å². The van der Waals surface area contributed by atoms with Crippen molar-refractivity contribution in [3.63, 3.8) is 0 Å². The van der Waals surface area contributed by atoms with Gasteiger partial charge >= 0.3 is 6.18 Å². The summed E-state index contributed by atoms with van der Waals surface area (Å²) in [5.41, 5.74) is -0.500. The molecule has 3 heterocycles. The van der Waals surface area contributed by atoms with Crippen LogP contribution < -0.4 is 5.32 Å². The van der Waals surface area contributed by atoms with Crippen LogP contribution in [0.1, 0.15) is 15.2 Å². The molecule has 1 amide bonds. The first-order chi connectivity index (χ1) is 13.4. The van der Waals surface area contributed by atoms with Gasteiger partial charge in [0.25, 0.3) is 5.91 Å². The normalized spacial score (nSPS) is 11.7. The minimum atomic E-state index is -4.42. The SMILES string of the molecule is O=C(Nc1nnc(Sc2ccnc3cc(C(F)(F)F)ccc23)s1)c1cccs1. The van der Waals surface area contributed by atoms with Crippen LogP contribution in [-0.4, -0.2) is 21.1 Å². The van der Waals surface area contributed by atoms with E-state index in [1.807, 2.05) is 0 Å². The number of carbonyl (C=O) groups is 1. The van der Waals surface area contributed by atoms with Gasteiger partial charge in [0.2, 0.25) is 5.13 Å².